The molecule has 1 unspecified atom stereocenters. The first-order valence-electron chi connectivity index (χ1n) is 6.06. The molecule has 0 bridgehead atoms. The maximum atomic E-state index is 5.84. The zero-order valence-corrected chi connectivity index (χ0v) is 12.2. The Morgan fingerprint density at radius 1 is 1.53 bits per heavy atom. The average molecular weight is 299 g/mol. The maximum Gasteiger partial charge on any atom is 0.129 e. The highest BCUT2D eigenvalue weighted by molar-refractivity contribution is 9.10. The monoisotopic (exact) mass is 298 g/mol. The van der Waals surface area contributed by atoms with Gasteiger partial charge in [-0.05, 0) is 48.3 Å². The molecule has 0 aliphatic carbocycles. The van der Waals surface area contributed by atoms with Crippen LogP contribution in [0, 0.1) is 6.92 Å². The zero-order valence-electron chi connectivity index (χ0n) is 10.7. The molecule has 2 heterocycles. The third-order valence-electron chi connectivity index (χ3n) is 3.42. The Labute approximate surface area is 111 Å². The van der Waals surface area contributed by atoms with Gasteiger partial charge in [0.1, 0.15) is 5.82 Å². The van der Waals surface area contributed by atoms with Gasteiger partial charge in [-0.2, -0.15) is 0 Å². The van der Waals surface area contributed by atoms with Crippen molar-refractivity contribution >= 4 is 21.7 Å². The van der Waals surface area contributed by atoms with Crippen molar-refractivity contribution in [1.29, 1.82) is 0 Å². The average Bonchev–Trinajstić information content (AvgIpc) is 2.33. The van der Waals surface area contributed by atoms with Crippen LogP contribution in [0.4, 0.5) is 5.82 Å². The van der Waals surface area contributed by atoms with Gasteiger partial charge in [0.05, 0.1) is 17.9 Å². The topological polar surface area (TPSA) is 25.4 Å². The van der Waals surface area contributed by atoms with Gasteiger partial charge in [-0.1, -0.05) is 6.92 Å². The molecule has 1 aromatic heterocycles. The number of aromatic nitrogens is 1. The quantitative estimate of drug-likeness (QED) is 0.839. The van der Waals surface area contributed by atoms with E-state index < -0.39 is 0 Å². The summed E-state index contributed by atoms with van der Waals surface area (Å²) in [6.07, 6.45) is 1.03. The van der Waals surface area contributed by atoms with Gasteiger partial charge in [0.25, 0.3) is 0 Å². The highest BCUT2D eigenvalue weighted by Gasteiger charge is 2.30. The number of ether oxygens (including phenoxy) is 1. The highest BCUT2D eigenvalue weighted by Crippen LogP contribution is 2.26. The van der Waals surface area contributed by atoms with Crippen molar-refractivity contribution in [2.24, 2.45) is 0 Å². The fourth-order valence-corrected chi connectivity index (χ4v) is 2.27. The van der Waals surface area contributed by atoms with Crippen LogP contribution < -0.4 is 4.90 Å². The van der Waals surface area contributed by atoms with Gasteiger partial charge in [0.2, 0.25) is 0 Å². The molecule has 0 spiro atoms. The van der Waals surface area contributed by atoms with Crippen molar-refractivity contribution in [2.75, 3.05) is 24.6 Å². The lowest BCUT2D eigenvalue weighted by atomic mass is 10.0. The summed E-state index contributed by atoms with van der Waals surface area (Å²) in [4.78, 5) is 6.93. The van der Waals surface area contributed by atoms with Crippen LogP contribution in [-0.4, -0.2) is 30.3 Å². The summed E-state index contributed by atoms with van der Waals surface area (Å²) in [6, 6.07) is 4.13. The lowest BCUT2D eigenvalue weighted by Gasteiger charge is -2.40. The molecule has 1 aliphatic rings. The van der Waals surface area contributed by atoms with Crippen LogP contribution in [-0.2, 0) is 4.74 Å². The van der Waals surface area contributed by atoms with Crippen molar-refractivity contribution < 1.29 is 4.74 Å². The van der Waals surface area contributed by atoms with E-state index in [0.29, 0.717) is 0 Å². The Bertz CT molecular complexity index is 410. The number of pyridine rings is 1. The van der Waals surface area contributed by atoms with Gasteiger partial charge >= 0.3 is 0 Å². The van der Waals surface area contributed by atoms with Gasteiger partial charge in [0, 0.05) is 17.6 Å². The standard InChI is InChI=1S/C13H19BrN2O/c1-4-13(3)9-16(7-8-17-13)12-6-5-11(14)10(2)15-12/h5-6H,4,7-9H2,1-3H3. The molecule has 1 aliphatic heterocycles. The molecule has 0 saturated carbocycles. The minimum atomic E-state index is -0.0408. The van der Waals surface area contributed by atoms with Crippen LogP contribution in [0.5, 0.6) is 0 Å². The molecule has 3 nitrogen and oxygen atoms in total. The summed E-state index contributed by atoms with van der Waals surface area (Å²) in [7, 11) is 0. The molecule has 0 N–H and O–H groups in total. The minimum Gasteiger partial charge on any atom is -0.372 e. The summed E-state index contributed by atoms with van der Waals surface area (Å²) >= 11 is 3.48. The maximum absolute atomic E-state index is 5.84. The van der Waals surface area contributed by atoms with Crippen LogP contribution >= 0.6 is 15.9 Å². The summed E-state index contributed by atoms with van der Waals surface area (Å²) in [5, 5.41) is 0. The van der Waals surface area contributed by atoms with Crippen molar-refractivity contribution in [3.05, 3.63) is 22.3 Å². The number of rotatable bonds is 2. The molecule has 1 aromatic rings. The minimum absolute atomic E-state index is 0.0408. The molecule has 94 valence electrons. The van der Waals surface area contributed by atoms with E-state index in [2.05, 4.69) is 51.8 Å². The molecule has 0 amide bonds. The molecule has 0 radical (unpaired) electrons. The van der Waals surface area contributed by atoms with E-state index in [9.17, 15) is 0 Å². The smallest absolute Gasteiger partial charge is 0.129 e. The van der Waals surface area contributed by atoms with Gasteiger partial charge in [-0.25, -0.2) is 4.98 Å². The number of morpholine rings is 1. The van der Waals surface area contributed by atoms with Crippen molar-refractivity contribution in [2.45, 2.75) is 32.8 Å². The molecule has 1 saturated heterocycles. The van der Waals surface area contributed by atoms with Crippen LogP contribution in [0.1, 0.15) is 26.0 Å². The van der Waals surface area contributed by atoms with Crippen molar-refractivity contribution in [3.63, 3.8) is 0 Å². The predicted octanol–water partition coefficient (Wildman–Crippen LogP) is 3.16. The van der Waals surface area contributed by atoms with E-state index in [1.807, 2.05) is 6.92 Å². The Hall–Kier alpha value is -0.610. The van der Waals surface area contributed by atoms with E-state index in [4.69, 9.17) is 4.74 Å². The second kappa shape index (κ2) is 4.94. The number of nitrogens with zero attached hydrogens (tertiary/aromatic N) is 2. The lowest BCUT2D eigenvalue weighted by molar-refractivity contribution is -0.0443. The summed E-state index contributed by atoms with van der Waals surface area (Å²) in [5.74, 6) is 1.05. The van der Waals surface area contributed by atoms with Crippen LogP contribution in [0.3, 0.4) is 0 Å². The Morgan fingerprint density at radius 2 is 2.29 bits per heavy atom. The zero-order chi connectivity index (χ0) is 12.5. The number of aryl methyl sites for hydroxylation is 1. The molecule has 1 atom stereocenters. The second-order valence-electron chi connectivity index (χ2n) is 4.81. The molecule has 17 heavy (non-hydrogen) atoms. The molecule has 1 fully saturated rings. The van der Waals surface area contributed by atoms with Gasteiger partial charge in [-0.3, -0.25) is 0 Å². The van der Waals surface area contributed by atoms with Crippen LogP contribution in [0.2, 0.25) is 0 Å². The van der Waals surface area contributed by atoms with E-state index in [-0.39, 0.29) is 5.60 Å². The number of hydrogen-bond acceptors (Lipinski definition) is 3. The van der Waals surface area contributed by atoms with Crippen LogP contribution in [0.15, 0.2) is 16.6 Å². The molecular formula is C13H19BrN2O. The first-order valence-corrected chi connectivity index (χ1v) is 6.85. The van der Waals surface area contributed by atoms with E-state index in [1.54, 1.807) is 0 Å². The van der Waals surface area contributed by atoms with E-state index in [1.165, 1.54) is 0 Å². The number of halogens is 1. The third kappa shape index (κ3) is 2.80. The van der Waals surface area contributed by atoms with Crippen molar-refractivity contribution in [1.82, 2.24) is 4.98 Å². The third-order valence-corrected chi connectivity index (χ3v) is 4.25. The normalized spacial score (nSPS) is 25.1. The molecular weight excluding hydrogens is 280 g/mol. The number of anilines is 1. The SMILES string of the molecule is CCC1(C)CN(c2ccc(Br)c(C)n2)CCO1. The Morgan fingerprint density at radius 3 is 2.94 bits per heavy atom. The fraction of sp³-hybridized carbons (Fsp3) is 0.615. The lowest BCUT2D eigenvalue weighted by Crippen LogP contribution is -2.50. The van der Waals surface area contributed by atoms with Gasteiger partial charge in [-0.15, -0.1) is 0 Å². The summed E-state index contributed by atoms with van der Waals surface area (Å²) < 4.78 is 6.90. The highest BCUT2D eigenvalue weighted by atomic mass is 79.9. The first kappa shape index (κ1) is 12.8. The Balaban J connectivity index is 2.19. The van der Waals surface area contributed by atoms with E-state index >= 15 is 0 Å². The predicted molar refractivity (Wildman–Crippen MR) is 73.5 cm³/mol. The van der Waals surface area contributed by atoms with Gasteiger partial charge < -0.3 is 9.64 Å². The molecule has 0 aromatic carbocycles. The first-order chi connectivity index (χ1) is 8.04. The van der Waals surface area contributed by atoms with Crippen molar-refractivity contribution in [3.8, 4) is 0 Å². The van der Waals surface area contributed by atoms with Gasteiger partial charge in [0.15, 0.2) is 0 Å². The second-order valence-corrected chi connectivity index (χ2v) is 5.66. The summed E-state index contributed by atoms with van der Waals surface area (Å²) in [5.41, 5.74) is 0.994. The van der Waals surface area contributed by atoms with E-state index in [0.717, 1.165) is 42.1 Å². The largest absolute Gasteiger partial charge is 0.372 e. The molecule has 4 heteroatoms. The summed E-state index contributed by atoms with van der Waals surface area (Å²) in [6.45, 7) is 8.98. The Kier molecular flexibility index (Phi) is 3.73. The fourth-order valence-electron chi connectivity index (χ4n) is 2.05. The molecule has 2 rings (SSSR count). The van der Waals surface area contributed by atoms with Crippen LogP contribution in [0.25, 0.3) is 0 Å². The number of hydrogen-bond donors (Lipinski definition) is 0.